The van der Waals surface area contributed by atoms with Crippen LogP contribution in [0.15, 0.2) is 35.5 Å². The van der Waals surface area contributed by atoms with Crippen LogP contribution in [0.2, 0.25) is 0 Å². The molecule has 0 spiro atoms. The molecule has 66 valence electrons. The highest BCUT2D eigenvalue weighted by Crippen LogP contribution is 2.23. The third-order valence-electron chi connectivity index (χ3n) is 2.20. The standard InChI is InChI=1S/C10H9NO2/c1-11-9(12)7-5-3-2-4-6-8(7)10(11)13/h3-6H,2H2,1H3. The lowest BCUT2D eigenvalue weighted by molar-refractivity contribution is -0.135. The largest absolute Gasteiger partial charge is 0.277 e. The van der Waals surface area contributed by atoms with Crippen molar-refractivity contribution >= 4 is 11.8 Å². The van der Waals surface area contributed by atoms with Gasteiger partial charge < -0.3 is 0 Å². The molecule has 0 radical (unpaired) electrons. The first-order chi connectivity index (χ1) is 6.22. The normalized spacial score (nSPS) is 21.2. The van der Waals surface area contributed by atoms with Gasteiger partial charge in [-0.15, -0.1) is 0 Å². The lowest BCUT2D eigenvalue weighted by Crippen LogP contribution is -2.26. The summed E-state index contributed by atoms with van der Waals surface area (Å²) in [6, 6.07) is 0. The highest BCUT2D eigenvalue weighted by molar-refractivity contribution is 6.21. The van der Waals surface area contributed by atoms with Crippen LogP contribution in [0.5, 0.6) is 0 Å². The van der Waals surface area contributed by atoms with E-state index < -0.39 is 0 Å². The summed E-state index contributed by atoms with van der Waals surface area (Å²) < 4.78 is 0. The van der Waals surface area contributed by atoms with Crippen molar-refractivity contribution in [2.45, 2.75) is 6.42 Å². The third-order valence-corrected chi connectivity index (χ3v) is 2.20. The molecule has 0 aromatic carbocycles. The number of carbonyl (C=O) groups excluding carboxylic acids is 2. The van der Waals surface area contributed by atoms with Crippen LogP contribution < -0.4 is 0 Å². The highest BCUT2D eigenvalue weighted by Gasteiger charge is 2.32. The van der Waals surface area contributed by atoms with E-state index in [1.807, 2.05) is 12.2 Å². The molecule has 0 saturated heterocycles. The van der Waals surface area contributed by atoms with Gasteiger partial charge in [-0.2, -0.15) is 0 Å². The van der Waals surface area contributed by atoms with Crippen LogP contribution in [0.4, 0.5) is 0 Å². The Bertz CT molecular complexity index is 340. The number of likely N-dealkylation sites (N-methyl/N-ethyl adjacent to an activating group) is 1. The van der Waals surface area contributed by atoms with Crippen molar-refractivity contribution in [3.8, 4) is 0 Å². The average molecular weight is 175 g/mol. The molecule has 0 unspecified atom stereocenters. The zero-order chi connectivity index (χ0) is 9.42. The van der Waals surface area contributed by atoms with Gasteiger partial charge in [0.05, 0.1) is 11.1 Å². The first-order valence-corrected chi connectivity index (χ1v) is 4.11. The molecule has 13 heavy (non-hydrogen) atoms. The second-order valence-electron chi connectivity index (χ2n) is 3.04. The van der Waals surface area contributed by atoms with E-state index in [4.69, 9.17) is 0 Å². The molecule has 1 heterocycles. The summed E-state index contributed by atoms with van der Waals surface area (Å²) in [5.74, 6) is -0.411. The van der Waals surface area contributed by atoms with E-state index in [-0.39, 0.29) is 11.8 Å². The Morgan fingerprint density at radius 2 is 1.54 bits per heavy atom. The minimum absolute atomic E-state index is 0.206. The second-order valence-corrected chi connectivity index (χ2v) is 3.04. The number of hydrogen-bond acceptors (Lipinski definition) is 2. The molecule has 1 aliphatic heterocycles. The van der Waals surface area contributed by atoms with E-state index in [0.29, 0.717) is 11.1 Å². The molecule has 0 bridgehead atoms. The minimum Gasteiger partial charge on any atom is -0.277 e. The zero-order valence-electron chi connectivity index (χ0n) is 7.28. The third kappa shape index (κ3) is 1.04. The molecule has 3 heteroatoms. The Kier molecular flexibility index (Phi) is 1.65. The zero-order valence-corrected chi connectivity index (χ0v) is 7.28. The Hall–Kier alpha value is -1.64. The van der Waals surface area contributed by atoms with Gasteiger partial charge in [-0.3, -0.25) is 14.5 Å². The molecule has 0 saturated carbocycles. The van der Waals surface area contributed by atoms with Gasteiger partial charge in [0.25, 0.3) is 11.8 Å². The summed E-state index contributed by atoms with van der Waals surface area (Å²) in [4.78, 5) is 24.1. The summed E-state index contributed by atoms with van der Waals surface area (Å²) in [6.45, 7) is 0. The van der Waals surface area contributed by atoms with Gasteiger partial charge in [0, 0.05) is 7.05 Å². The maximum Gasteiger partial charge on any atom is 0.261 e. The molecule has 2 aliphatic rings. The lowest BCUT2D eigenvalue weighted by Gasteiger charge is -2.05. The van der Waals surface area contributed by atoms with Crippen molar-refractivity contribution in [1.29, 1.82) is 0 Å². The number of allylic oxidation sites excluding steroid dienone is 2. The van der Waals surface area contributed by atoms with Crippen LogP contribution in [0.25, 0.3) is 0 Å². The minimum atomic E-state index is -0.206. The number of imide groups is 1. The van der Waals surface area contributed by atoms with Crippen molar-refractivity contribution in [3.63, 3.8) is 0 Å². The molecular weight excluding hydrogens is 166 g/mol. The Labute approximate surface area is 76.0 Å². The molecule has 0 aromatic rings. The van der Waals surface area contributed by atoms with E-state index in [0.717, 1.165) is 11.3 Å². The predicted molar refractivity (Wildman–Crippen MR) is 47.7 cm³/mol. The number of nitrogens with zero attached hydrogens (tertiary/aromatic N) is 1. The smallest absolute Gasteiger partial charge is 0.261 e. The summed E-state index contributed by atoms with van der Waals surface area (Å²) in [7, 11) is 1.50. The van der Waals surface area contributed by atoms with Gasteiger partial charge in [0.2, 0.25) is 0 Å². The van der Waals surface area contributed by atoms with Crippen LogP contribution in [0.1, 0.15) is 6.42 Å². The second kappa shape index (κ2) is 2.69. The van der Waals surface area contributed by atoms with Crippen molar-refractivity contribution in [3.05, 3.63) is 35.5 Å². The molecule has 3 nitrogen and oxygen atoms in total. The van der Waals surface area contributed by atoms with Crippen molar-refractivity contribution in [2.75, 3.05) is 7.05 Å². The van der Waals surface area contributed by atoms with Crippen molar-refractivity contribution in [2.24, 2.45) is 0 Å². The van der Waals surface area contributed by atoms with E-state index in [1.54, 1.807) is 12.2 Å². The lowest BCUT2D eigenvalue weighted by atomic mass is 10.1. The van der Waals surface area contributed by atoms with E-state index >= 15 is 0 Å². The van der Waals surface area contributed by atoms with Gasteiger partial charge in [0.1, 0.15) is 0 Å². The average Bonchev–Trinajstić information content (AvgIpc) is 2.40. The highest BCUT2D eigenvalue weighted by atomic mass is 16.2. The van der Waals surface area contributed by atoms with Gasteiger partial charge >= 0.3 is 0 Å². The number of amides is 2. The molecular formula is C10H9NO2. The van der Waals surface area contributed by atoms with Crippen LogP contribution in [-0.2, 0) is 9.59 Å². The van der Waals surface area contributed by atoms with Crippen LogP contribution in [0, 0.1) is 0 Å². The Morgan fingerprint density at radius 1 is 1.08 bits per heavy atom. The first-order valence-electron chi connectivity index (χ1n) is 4.11. The fourth-order valence-electron chi connectivity index (χ4n) is 1.46. The van der Waals surface area contributed by atoms with Crippen LogP contribution in [-0.4, -0.2) is 23.8 Å². The molecule has 1 aliphatic carbocycles. The predicted octanol–water partition coefficient (Wildman–Crippen LogP) is 0.798. The topological polar surface area (TPSA) is 37.4 Å². The Morgan fingerprint density at radius 3 is 2.00 bits per heavy atom. The summed E-state index contributed by atoms with van der Waals surface area (Å²) in [5.41, 5.74) is 1.03. The quantitative estimate of drug-likeness (QED) is 0.510. The van der Waals surface area contributed by atoms with Gasteiger partial charge in [-0.25, -0.2) is 0 Å². The maximum absolute atomic E-state index is 11.5. The summed E-state index contributed by atoms with van der Waals surface area (Å²) >= 11 is 0. The fourth-order valence-corrected chi connectivity index (χ4v) is 1.46. The fraction of sp³-hybridized carbons (Fsp3) is 0.200. The Balaban J connectivity index is 2.55. The number of hydrogen-bond donors (Lipinski definition) is 0. The molecule has 2 amide bonds. The van der Waals surface area contributed by atoms with E-state index in [2.05, 4.69) is 0 Å². The summed E-state index contributed by atoms with van der Waals surface area (Å²) in [5, 5.41) is 0. The monoisotopic (exact) mass is 175 g/mol. The molecule has 0 aromatic heterocycles. The van der Waals surface area contributed by atoms with E-state index in [1.165, 1.54) is 7.05 Å². The molecule has 0 fully saturated rings. The first kappa shape index (κ1) is 7.98. The van der Waals surface area contributed by atoms with Crippen LogP contribution in [0.3, 0.4) is 0 Å². The van der Waals surface area contributed by atoms with Crippen LogP contribution >= 0.6 is 0 Å². The van der Waals surface area contributed by atoms with Crippen molar-refractivity contribution in [1.82, 2.24) is 4.90 Å². The van der Waals surface area contributed by atoms with E-state index in [9.17, 15) is 9.59 Å². The SMILES string of the molecule is CN1C(=O)C2=C(C=CCC=C2)C1=O. The molecule has 2 rings (SSSR count). The molecule has 0 N–H and O–H groups in total. The summed E-state index contributed by atoms with van der Waals surface area (Å²) in [6.07, 6.45) is 7.97. The maximum atomic E-state index is 11.5. The van der Waals surface area contributed by atoms with Gasteiger partial charge in [0.15, 0.2) is 0 Å². The number of rotatable bonds is 0. The number of carbonyl (C=O) groups is 2. The van der Waals surface area contributed by atoms with Crippen molar-refractivity contribution < 1.29 is 9.59 Å². The van der Waals surface area contributed by atoms with Gasteiger partial charge in [-0.1, -0.05) is 24.3 Å². The van der Waals surface area contributed by atoms with Gasteiger partial charge in [-0.05, 0) is 6.42 Å². The molecule has 0 atom stereocenters.